The quantitative estimate of drug-likeness (QED) is 0.297. The zero-order valence-corrected chi connectivity index (χ0v) is 24.4. The van der Waals surface area contributed by atoms with E-state index in [-0.39, 0.29) is 17.9 Å². The molecule has 0 aliphatic carbocycles. The summed E-state index contributed by atoms with van der Waals surface area (Å²) >= 11 is 5.80. The molecule has 0 aromatic heterocycles. The molecule has 0 saturated heterocycles. The number of carbonyl (C=O) groups excluding carboxylic acids is 2. The molecule has 0 fully saturated rings. The number of halogens is 4. The lowest BCUT2D eigenvalue weighted by Gasteiger charge is -2.33. The highest BCUT2D eigenvalue weighted by Crippen LogP contribution is 2.38. The first kappa shape index (κ1) is 32.0. The highest BCUT2D eigenvalue weighted by molar-refractivity contribution is 7.92. The number of carbonyl (C=O) groups is 2. The fraction of sp³-hybridized carbons (Fsp3) is 0.310. The van der Waals surface area contributed by atoms with Gasteiger partial charge in [-0.05, 0) is 61.7 Å². The number of anilines is 1. The second kappa shape index (κ2) is 13.4. The number of sulfonamides is 1. The summed E-state index contributed by atoms with van der Waals surface area (Å²) in [6.07, 6.45) is -4.66. The molecular formula is C29H31ClF3N3O4S. The van der Waals surface area contributed by atoms with Crippen molar-refractivity contribution in [2.45, 2.75) is 50.9 Å². The molecule has 0 aliphatic rings. The molecule has 0 bridgehead atoms. The molecule has 12 heteroatoms. The van der Waals surface area contributed by atoms with Crippen LogP contribution in [-0.2, 0) is 32.3 Å². The van der Waals surface area contributed by atoms with Crippen LogP contribution in [-0.4, -0.2) is 44.3 Å². The SMILES string of the molecule is CCNC(=O)C(CC)N(Cc1ccccc1C)C(=O)CN(c1ccc(Cl)c(C(F)(F)F)c1)S(=O)(=O)c1ccccc1. The predicted octanol–water partition coefficient (Wildman–Crippen LogP) is 5.81. The van der Waals surface area contributed by atoms with E-state index in [1.807, 2.05) is 19.1 Å². The third kappa shape index (κ3) is 7.59. The average Bonchev–Trinajstić information content (AvgIpc) is 2.93. The molecule has 1 N–H and O–H groups in total. The van der Waals surface area contributed by atoms with Crippen molar-refractivity contribution in [2.75, 3.05) is 17.4 Å². The molecule has 2 amide bonds. The van der Waals surface area contributed by atoms with Crippen LogP contribution in [0.15, 0.2) is 77.7 Å². The highest BCUT2D eigenvalue weighted by Gasteiger charge is 2.37. The number of benzene rings is 3. The Bertz CT molecular complexity index is 1480. The normalized spacial score (nSPS) is 12.5. The first-order valence-corrected chi connectivity index (χ1v) is 14.7. The summed E-state index contributed by atoms with van der Waals surface area (Å²) in [4.78, 5) is 28.0. The van der Waals surface area contributed by atoms with E-state index in [4.69, 9.17) is 11.6 Å². The van der Waals surface area contributed by atoms with Crippen LogP contribution in [0.5, 0.6) is 0 Å². The lowest BCUT2D eigenvalue weighted by atomic mass is 10.1. The van der Waals surface area contributed by atoms with E-state index in [1.165, 1.54) is 29.2 Å². The number of likely N-dealkylation sites (N-methyl/N-ethyl adjacent to an activating group) is 1. The topological polar surface area (TPSA) is 86.8 Å². The molecule has 0 saturated carbocycles. The summed E-state index contributed by atoms with van der Waals surface area (Å²) in [5, 5.41) is 2.08. The smallest absolute Gasteiger partial charge is 0.355 e. The average molecular weight is 610 g/mol. The van der Waals surface area contributed by atoms with Crippen molar-refractivity contribution in [3.63, 3.8) is 0 Å². The van der Waals surface area contributed by atoms with Gasteiger partial charge in [-0.15, -0.1) is 0 Å². The Morgan fingerprint density at radius 2 is 1.61 bits per heavy atom. The summed E-state index contributed by atoms with van der Waals surface area (Å²) < 4.78 is 69.4. The van der Waals surface area contributed by atoms with Gasteiger partial charge in [0.1, 0.15) is 12.6 Å². The van der Waals surface area contributed by atoms with E-state index >= 15 is 0 Å². The molecule has 3 rings (SSSR count). The number of nitrogens with zero attached hydrogens (tertiary/aromatic N) is 2. The fourth-order valence-corrected chi connectivity index (χ4v) is 5.97. The van der Waals surface area contributed by atoms with Crippen LogP contribution in [0.1, 0.15) is 37.0 Å². The molecule has 3 aromatic carbocycles. The lowest BCUT2D eigenvalue weighted by Crippen LogP contribution is -2.52. The summed E-state index contributed by atoms with van der Waals surface area (Å²) in [5.74, 6) is -1.20. The fourth-order valence-electron chi connectivity index (χ4n) is 4.32. The predicted molar refractivity (Wildman–Crippen MR) is 152 cm³/mol. The Kier molecular flexibility index (Phi) is 10.4. The van der Waals surface area contributed by atoms with Crippen molar-refractivity contribution in [3.05, 3.63) is 94.5 Å². The number of aryl methyl sites for hydroxylation is 1. The summed E-state index contributed by atoms with van der Waals surface area (Å²) in [5.41, 5.74) is -0.0759. The van der Waals surface area contributed by atoms with E-state index in [1.54, 1.807) is 32.0 Å². The monoisotopic (exact) mass is 609 g/mol. The Hall–Kier alpha value is -3.57. The molecule has 1 atom stereocenters. The van der Waals surface area contributed by atoms with Crippen LogP contribution in [0.25, 0.3) is 0 Å². The number of rotatable bonds is 11. The first-order chi connectivity index (χ1) is 19.3. The van der Waals surface area contributed by atoms with Crippen molar-refractivity contribution in [3.8, 4) is 0 Å². The molecule has 220 valence electrons. The van der Waals surface area contributed by atoms with Gasteiger partial charge in [0.15, 0.2) is 0 Å². The maximum Gasteiger partial charge on any atom is 0.417 e. The van der Waals surface area contributed by atoms with Gasteiger partial charge >= 0.3 is 6.18 Å². The van der Waals surface area contributed by atoms with Gasteiger partial charge in [-0.1, -0.05) is 61.0 Å². The van der Waals surface area contributed by atoms with Crippen molar-refractivity contribution < 1.29 is 31.2 Å². The lowest BCUT2D eigenvalue weighted by molar-refractivity contribution is -0.140. The zero-order valence-electron chi connectivity index (χ0n) is 22.8. The van der Waals surface area contributed by atoms with Crippen molar-refractivity contribution in [2.24, 2.45) is 0 Å². The molecule has 0 radical (unpaired) electrons. The number of hydrogen-bond acceptors (Lipinski definition) is 4. The minimum atomic E-state index is -4.87. The Morgan fingerprint density at radius 3 is 2.20 bits per heavy atom. The molecule has 0 aliphatic heterocycles. The van der Waals surface area contributed by atoms with Gasteiger partial charge in [-0.2, -0.15) is 13.2 Å². The second-order valence-corrected chi connectivity index (χ2v) is 11.5. The maximum absolute atomic E-state index is 14.0. The van der Waals surface area contributed by atoms with E-state index < -0.39 is 56.9 Å². The van der Waals surface area contributed by atoms with Gasteiger partial charge in [0.25, 0.3) is 10.0 Å². The van der Waals surface area contributed by atoms with E-state index in [2.05, 4.69) is 5.32 Å². The number of hydrogen-bond donors (Lipinski definition) is 1. The summed E-state index contributed by atoms with van der Waals surface area (Å²) in [6, 6.07) is 16.0. The molecular weight excluding hydrogens is 579 g/mol. The third-order valence-corrected chi connectivity index (χ3v) is 8.61. The second-order valence-electron chi connectivity index (χ2n) is 9.25. The molecule has 1 unspecified atom stereocenters. The van der Waals surface area contributed by atoms with Crippen LogP contribution in [0, 0.1) is 6.92 Å². The van der Waals surface area contributed by atoms with Gasteiger partial charge in [-0.25, -0.2) is 8.42 Å². The highest BCUT2D eigenvalue weighted by atomic mass is 35.5. The molecule has 0 spiro atoms. The molecule has 7 nitrogen and oxygen atoms in total. The minimum Gasteiger partial charge on any atom is -0.355 e. The summed E-state index contributed by atoms with van der Waals surface area (Å²) in [6.45, 7) is 4.70. The summed E-state index contributed by atoms with van der Waals surface area (Å²) in [7, 11) is -4.53. The zero-order chi connectivity index (χ0) is 30.4. The van der Waals surface area contributed by atoms with Crippen molar-refractivity contribution >= 4 is 39.1 Å². The Balaban J connectivity index is 2.15. The Labute approximate surface area is 243 Å². The standard InChI is InChI=1S/C29H31ClF3N3O4S/c1-4-26(28(38)34-5-2)35(18-21-12-10-9-11-20(21)3)27(37)19-36(41(39,40)23-13-7-6-8-14-23)22-15-16-25(30)24(17-22)29(31,32)33/h6-17,26H,4-5,18-19H2,1-3H3,(H,34,38). The van der Waals surface area contributed by atoms with Gasteiger partial charge in [0.05, 0.1) is 21.2 Å². The van der Waals surface area contributed by atoms with Gasteiger partial charge in [0, 0.05) is 13.1 Å². The van der Waals surface area contributed by atoms with Crippen LogP contribution >= 0.6 is 11.6 Å². The van der Waals surface area contributed by atoms with Crippen LogP contribution < -0.4 is 9.62 Å². The van der Waals surface area contributed by atoms with E-state index in [0.717, 1.165) is 23.3 Å². The van der Waals surface area contributed by atoms with Crippen LogP contribution in [0.3, 0.4) is 0 Å². The van der Waals surface area contributed by atoms with Crippen LogP contribution in [0.4, 0.5) is 18.9 Å². The first-order valence-electron chi connectivity index (χ1n) is 12.9. The number of amides is 2. The minimum absolute atomic E-state index is 0.0191. The molecule has 41 heavy (non-hydrogen) atoms. The largest absolute Gasteiger partial charge is 0.417 e. The van der Waals surface area contributed by atoms with E-state index in [0.29, 0.717) is 16.9 Å². The van der Waals surface area contributed by atoms with Gasteiger partial charge < -0.3 is 10.2 Å². The van der Waals surface area contributed by atoms with Crippen molar-refractivity contribution in [1.82, 2.24) is 10.2 Å². The van der Waals surface area contributed by atoms with Crippen LogP contribution in [0.2, 0.25) is 5.02 Å². The number of nitrogens with one attached hydrogen (secondary N) is 1. The van der Waals surface area contributed by atoms with Gasteiger partial charge in [0.2, 0.25) is 11.8 Å². The Morgan fingerprint density at radius 1 is 0.976 bits per heavy atom. The van der Waals surface area contributed by atoms with Gasteiger partial charge in [-0.3, -0.25) is 13.9 Å². The van der Waals surface area contributed by atoms with E-state index in [9.17, 15) is 31.2 Å². The maximum atomic E-state index is 14.0. The van der Waals surface area contributed by atoms with Crippen molar-refractivity contribution in [1.29, 1.82) is 0 Å². The molecule has 0 heterocycles. The number of alkyl halides is 3. The third-order valence-electron chi connectivity index (χ3n) is 6.49. The molecule has 3 aromatic rings.